The van der Waals surface area contributed by atoms with Crippen LogP contribution in [0.25, 0.3) is 0 Å². The summed E-state index contributed by atoms with van der Waals surface area (Å²) < 4.78 is 4.80. The van der Waals surface area contributed by atoms with Gasteiger partial charge in [0.25, 0.3) is 0 Å². The van der Waals surface area contributed by atoms with Crippen LogP contribution in [0.5, 0.6) is 0 Å². The van der Waals surface area contributed by atoms with E-state index in [1.807, 2.05) is 6.92 Å². The van der Waals surface area contributed by atoms with E-state index in [1.54, 1.807) is 0 Å². The van der Waals surface area contributed by atoms with E-state index >= 15 is 0 Å². The molecule has 0 spiro atoms. The molecule has 3 heteroatoms. The van der Waals surface area contributed by atoms with E-state index in [0.717, 1.165) is 19.4 Å². The van der Waals surface area contributed by atoms with E-state index in [4.69, 9.17) is 10.5 Å². The van der Waals surface area contributed by atoms with Gasteiger partial charge in [-0.2, -0.15) is 0 Å². The molecule has 0 aliphatic carbocycles. The number of ether oxygens (including phenoxy) is 1. The Morgan fingerprint density at radius 2 is 1.92 bits per heavy atom. The van der Waals surface area contributed by atoms with Crippen LogP contribution >= 0.6 is 0 Å². The number of rotatable bonds is 6. The molecule has 0 aromatic rings. The van der Waals surface area contributed by atoms with Crippen LogP contribution in [0, 0.1) is 11.8 Å². The summed E-state index contributed by atoms with van der Waals surface area (Å²) in [6, 6.07) is 0. The third-order valence-electron chi connectivity index (χ3n) is 2.25. The Hall–Kier alpha value is -0.120. The maximum Gasteiger partial charge on any atom is 0.156 e. The summed E-state index contributed by atoms with van der Waals surface area (Å²) in [7, 11) is 1.52. The second-order valence-corrected chi connectivity index (χ2v) is 3.52. The van der Waals surface area contributed by atoms with Gasteiger partial charge in [-0.3, -0.25) is 0 Å². The summed E-state index contributed by atoms with van der Waals surface area (Å²) in [5.41, 5.74) is 5.47. The van der Waals surface area contributed by atoms with Crippen LogP contribution in [0.3, 0.4) is 0 Å². The first-order valence-electron chi connectivity index (χ1n) is 4.52. The normalized spacial score (nSPS) is 18.8. The molecule has 0 amide bonds. The molecule has 3 N–H and O–H groups in total. The fraction of sp³-hybridized carbons (Fsp3) is 1.00. The van der Waals surface area contributed by atoms with E-state index in [2.05, 4.69) is 6.92 Å². The van der Waals surface area contributed by atoms with E-state index < -0.39 is 6.29 Å². The number of methoxy groups -OCH3 is 1. The SMILES string of the molecule is CO[C@H](O)[C@H](C)CC[C@H](C)CN. The van der Waals surface area contributed by atoms with Crippen molar-refractivity contribution in [2.75, 3.05) is 13.7 Å². The van der Waals surface area contributed by atoms with Crippen molar-refractivity contribution in [3.63, 3.8) is 0 Å². The maximum atomic E-state index is 9.26. The third-order valence-corrected chi connectivity index (χ3v) is 2.25. The highest BCUT2D eigenvalue weighted by molar-refractivity contribution is 4.60. The average molecular weight is 175 g/mol. The van der Waals surface area contributed by atoms with Crippen molar-refractivity contribution in [3.05, 3.63) is 0 Å². The number of hydrogen-bond acceptors (Lipinski definition) is 3. The molecule has 0 rings (SSSR count). The zero-order valence-corrected chi connectivity index (χ0v) is 8.29. The van der Waals surface area contributed by atoms with Gasteiger partial charge in [0.15, 0.2) is 6.29 Å². The van der Waals surface area contributed by atoms with Gasteiger partial charge in [-0.25, -0.2) is 0 Å². The minimum absolute atomic E-state index is 0.198. The van der Waals surface area contributed by atoms with E-state index in [0.29, 0.717) is 5.92 Å². The molecule has 0 radical (unpaired) electrons. The van der Waals surface area contributed by atoms with Crippen molar-refractivity contribution in [3.8, 4) is 0 Å². The Balaban J connectivity index is 3.49. The van der Waals surface area contributed by atoms with Crippen molar-refractivity contribution in [1.29, 1.82) is 0 Å². The van der Waals surface area contributed by atoms with Gasteiger partial charge in [-0.1, -0.05) is 13.8 Å². The van der Waals surface area contributed by atoms with E-state index in [1.165, 1.54) is 7.11 Å². The zero-order valence-electron chi connectivity index (χ0n) is 8.29. The second kappa shape index (κ2) is 6.40. The molecule has 0 heterocycles. The smallest absolute Gasteiger partial charge is 0.156 e. The molecular formula is C9H21NO2. The Labute approximate surface area is 74.9 Å². The lowest BCUT2D eigenvalue weighted by molar-refractivity contribution is -0.110. The van der Waals surface area contributed by atoms with Gasteiger partial charge in [-0.15, -0.1) is 0 Å². The lowest BCUT2D eigenvalue weighted by atomic mass is 9.98. The molecule has 74 valence electrons. The van der Waals surface area contributed by atoms with Crippen LogP contribution in [-0.2, 0) is 4.74 Å². The molecule has 0 fully saturated rings. The van der Waals surface area contributed by atoms with Crippen molar-refractivity contribution in [1.82, 2.24) is 0 Å². The topological polar surface area (TPSA) is 55.5 Å². The number of aliphatic hydroxyl groups is 1. The van der Waals surface area contributed by atoms with E-state index in [9.17, 15) is 5.11 Å². The van der Waals surface area contributed by atoms with Gasteiger partial charge in [0.2, 0.25) is 0 Å². The van der Waals surface area contributed by atoms with Crippen molar-refractivity contribution < 1.29 is 9.84 Å². The third kappa shape index (κ3) is 4.70. The number of aliphatic hydroxyl groups excluding tert-OH is 1. The van der Waals surface area contributed by atoms with Crippen molar-refractivity contribution in [2.24, 2.45) is 17.6 Å². The monoisotopic (exact) mass is 175 g/mol. The lowest BCUT2D eigenvalue weighted by Gasteiger charge is -2.18. The molecular weight excluding hydrogens is 154 g/mol. The molecule has 0 unspecified atom stereocenters. The molecule has 0 aliphatic rings. The summed E-state index contributed by atoms with van der Waals surface area (Å²) >= 11 is 0. The summed E-state index contributed by atoms with van der Waals surface area (Å²) in [5.74, 6) is 0.737. The van der Waals surface area contributed by atoms with Crippen LogP contribution in [0.4, 0.5) is 0 Å². The molecule has 12 heavy (non-hydrogen) atoms. The Bertz CT molecular complexity index is 109. The minimum atomic E-state index is -0.630. The summed E-state index contributed by atoms with van der Waals surface area (Å²) in [5, 5.41) is 9.26. The van der Waals surface area contributed by atoms with Crippen LogP contribution in [0.2, 0.25) is 0 Å². The summed E-state index contributed by atoms with van der Waals surface area (Å²) in [4.78, 5) is 0. The fourth-order valence-electron chi connectivity index (χ4n) is 1.04. The molecule has 0 aromatic heterocycles. The Morgan fingerprint density at radius 3 is 2.33 bits per heavy atom. The molecule has 0 saturated carbocycles. The summed E-state index contributed by atoms with van der Waals surface area (Å²) in [6.07, 6.45) is 1.39. The Kier molecular flexibility index (Phi) is 6.34. The van der Waals surface area contributed by atoms with Gasteiger partial charge < -0.3 is 15.6 Å². The summed E-state index contributed by atoms with van der Waals surface area (Å²) in [6.45, 7) is 4.82. The van der Waals surface area contributed by atoms with Crippen LogP contribution < -0.4 is 5.73 Å². The predicted octanol–water partition coefficient (Wildman–Crippen LogP) is 0.962. The molecule has 0 aromatic carbocycles. The van der Waals surface area contributed by atoms with Gasteiger partial charge in [0.1, 0.15) is 0 Å². The van der Waals surface area contributed by atoms with Gasteiger partial charge in [-0.05, 0) is 25.3 Å². The quantitative estimate of drug-likeness (QED) is 0.591. The molecule has 3 nitrogen and oxygen atoms in total. The highest BCUT2D eigenvalue weighted by atomic mass is 16.6. The maximum absolute atomic E-state index is 9.26. The second-order valence-electron chi connectivity index (χ2n) is 3.52. The number of hydrogen-bond donors (Lipinski definition) is 2. The molecule has 0 saturated heterocycles. The van der Waals surface area contributed by atoms with Crippen molar-refractivity contribution >= 4 is 0 Å². The molecule has 3 atom stereocenters. The van der Waals surface area contributed by atoms with Crippen molar-refractivity contribution in [2.45, 2.75) is 33.0 Å². The van der Waals surface area contributed by atoms with Gasteiger partial charge in [0, 0.05) is 13.0 Å². The average Bonchev–Trinajstić information content (AvgIpc) is 2.11. The van der Waals surface area contributed by atoms with Crippen LogP contribution in [0.15, 0.2) is 0 Å². The van der Waals surface area contributed by atoms with Gasteiger partial charge in [0.05, 0.1) is 0 Å². The minimum Gasteiger partial charge on any atom is -0.368 e. The van der Waals surface area contributed by atoms with Crippen LogP contribution in [-0.4, -0.2) is 25.1 Å². The number of nitrogens with two attached hydrogens (primary N) is 1. The lowest BCUT2D eigenvalue weighted by Crippen LogP contribution is -2.21. The first-order valence-corrected chi connectivity index (χ1v) is 4.52. The highest BCUT2D eigenvalue weighted by Gasteiger charge is 2.13. The first kappa shape index (κ1) is 11.9. The molecule has 0 bridgehead atoms. The highest BCUT2D eigenvalue weighted by Crippen LogP contribution is 2.14. The Morgan fingerprint density at radius 1 is 1.33 bits per heavy atom. The standard InChI is InChI=1S/C9H21NO2/c1-7(6-10)4-5-8(2)9(11)12-3/h7-9,11H,4-6,10H2,1-3H3/t7-,8+,9-/m0/s1. The fourth-order valence-corrected chi connectivity index (χ4v) is 1.04. The van der Waals surface area contributed by atoms with Crippen LogP contribution in [0.1, 0.15) is 26.7 Å². The molecule has 0 aliphatic heterocycles. The predicted molar refractivity (Wildman–Crippen MR) is 49.6 cm³/mol. The largest absolute Gasteiger partial charge is 0.368 e. The zero-order chi connectivity index (χ0) is 9.56. The van der Waals surface area contributed by atoms with Gasteiger partial charge >= 0.3 is 0 Å². The first-order chi connectivity index (χ1) is 5.61. The van der Waals surface area contributed by atoms with E-state index in [-0.39, 0.29) is 5.92 Å².